The topological polar surface area (TPSA) is 75.7 Å². The Morgan fingerprint density at radius 2 is 2.08 bits per heavy atom. The molecule has 26 heavy (non-hydrogen) atoms. The zero-order chi connectivity index (χ0) is 18.6. The van der Waals surface area contributed by atoms with Crippen molar-refractivity contribution in [1.29, 1.82) is 0 Å². The SMILES string of the molecule is C=CCNS(=O)(=O)c1cccc(C(=O)N2CCC([C@@H]3CCCO3)CC2)c1. The van der Waals surface area contributed by atoms with Crippen LogP contribution in [0.3, 0.4) is 0 Å². The minimum Gasteiger partial charge on any atom is -0.378 e. The fourth-order valence-electron chi connectivity index (χ4n) is 3.68. The first-order valence-electron chi connectivity index (χ1n) is 9.13. The van der Waals surface area contributed by atoms with Crippen LogP contribution in [0.2, 0.25) is 0 Å². The Labute approximate surface area is 155 Å². The van der Waals surface area contributed by atoms with Crippen molar-refractivity contribution in [2.45, 2.75) is 36.7 Å². The molecule has 1 aromatic carbocycles. The van der Waals surface area contributed by atoms with Crippen LogP contribution in [0.1, 0.15) is 36.0 Å². The molecular formula is C19H26N2O4S. The van der Waals surface area contributed by atoms with E-state index in [-0.39, 0.29) is 17.3 Å². The Morgan fingerprint density at radius 1 is 1.31 bits per heavy atom. The van der Waals surface area contributed by atoms with Gasteiger partial charge in [-0.05, 0) is 49.8 Å². The number of nitrogens with one attached hydrogen (secondary N) is 1. The Bertz CT molecular complexity index is 749. The molecule has 0 radical (unpaired) electrons. The first-order chi connectivity index (χ1) is 12.5. The Kier molecular flexibility index (Phi) is 6.11. The summed E-state index contributed by atoms with van der Waals surface area (Å²) in [4.78, 5) is 14.7. The predicted molar refractivity (Wildman–Crippen MR) is 99.4 cm³/mol. The smallest absolute Gasteiger partial charge is 0.253 e. The minimum absolute atomic E-state index is 0.0967. The third-order valence-corrected chi connectivity index (χ3v) is 6.55. The van der Waals surface area contributed by atoms with Gasteiger partial charge in [0.25, 0.3) is 5.91 Å². The first-order valence-corrected chi connectivity index (χ1v) is 10.6. The fraction of sp³-hybridized carbons (Fsp3) is 0.526. The lowest BCUT2D eigenvalue weighted by Gasteiger charge is -2.34. The largest absolute Gasteiger partial charge is 0.378 e. The first kappa shape index (κ1) is 19.1. The van der Waals surface area contributed by atoms with Gasteiger partial charge in [0.15, 0.2) is 0 Å². The van der Waals surface area contributed by atoms with E-state index in [9.17, 15) is 13.2 Å². The summed E-state index contributed by atoms with van der Waals surface area (Å²) in [5, 5.41) is 0. The van der Waals surface area contributed by atoms with E-state index in [4.69, 9.17) is 4.74 Å². The van der Waals surface area contributed by atoms with E-state index in [1.165, 1.54) is 18.2 Å². The molecule has 1 amide bonds. The fourth-order valence-corrected chi connectivity index (χ4v) is 4.72. The summed E-state index contributed by atoms with van der Waals surface area (Å²) in [6, 6.07) is 6.21. The lowest BCUT2D eigenvalue weighted by Crippen LogP contribution is -2.41. The third kappa shape index (κ3) is 4.34. The van der Waals surface area contributed by atoms with Crippen molar-refractivity contribution < 1.29 is 17.9 Å². The highest BCUT2D eigenvalue weighted by Gasteiger charge is 2.31. The van der Waals surface area contributed by atoms with Gasteiger partial charge in [0.05, 0.1) is 11.0 Å². The molecule has 1 atom stereocenters. The molecule has 0 unspecified atom stereocenters. The summed E-state index contributed by atoms with van der Waals surface area (Å²) < 4.78 is 32.7. The lowest BCUT2D eigenvalue weighted by atomic mass is 9.89. The Morgan fingerprint density at radius 3 is 2.73 bits per heavy atom. The maximum atomic E-state index is 12.8. The molecule has 0 aliphatic carbocycles. The van der Waals surface area contributed by atoms with Gasteiger partial charge in [-0.3, -0.25) is 4.79 Å². The van der Waals surface area contributed by atoms with Gasteiger partial charge >= 0.3 is 0 Å². The number of hydrogen-bond acceptors (Lipinski definition) is 4. The van der Waals surface area contributed by atoms with Gasteiger partial charge in [-0.15, -0.1) is 6.58 Å². The molecule has 7 heteroatoms. The molecular weight excluding hydrogens is 352 g/mol. The number of sulfonamides is 1. The second kappa shape index (κ2) is 8.33. The second-order valence-electron chi connectivity index (χ2n) is 6.85. The summed E-state index contributed by atoms with van der Waals surface area (Å²) in [6.45, 7) is 5.88. The Balaban J connectivity index is 1.65. The van der Waals surface area contributed by atoms with Crippen molar-refractivity contribution in [1.82, 2.24) is 9.62 Å². The zero-order valence-corrected chi connectivity index (χ0v) is 15.7. The van der Waals surface area contributed by atoms with E-state index in [1.54, 1.807) is 12.1 Å². The second-order valence-corrected chi connectivity index (χ2v) is 8.62. The number of carbonyl (C=O) groups excluding carboxylic acids is 1. The van der Waals surface area contributed by atoms with Crippen LogP contribution >= 0.6 is 0 Å². The van der Waals surface area contributed by atoms with Gasteiger partial charge < -0.3 is 9.64 Å². The van der Waals surface area contributed by atoms with E-state index in [2.05, 4.69) is 11.3 Å². The highest BCUT2D eigenvalue weighted by atomic mass is 32.2. The van der Waals surface area contributed by atoms with Crippen LogP contribution in [-0.4, -0.2) is 51.6 Å². The molecule has 0 bridgehead atoms. The quantitative estimate of drug-likeness (QED) is 0.770. The van der Waals surface area contributed by atoms with Crippen molar-refractivity contribution in [3.8, 4) is 0 Å². The van der Waals surface area contributed by atoms with Crippen LogP contribution in [0, 0.1) is 5.92 Å². The predicted octanol–water partition coefficient (Wildman–Crippen LogP) is 2.18. The number of hydrogen-bond donors (Lipinski definition) is 1. The average molecular weight is 378 g/mol. The molecule has 2 heterocycles. The van der Waals surface area contributed by atoms with Crippen molar-refractivity contribution in [3.05, 3.63) is 42.5 Å². The zero-order valence-electron chi connectivity index (χ0n) is 14.9. The summed E-state index contributed by atoms with van der Waals surface area (Å²) >= 11 is 0. The molecule has 3 rings (SSSR count). The molecule has 0 aromatic heterocycles. The monoisotopic (exact) mass is 378 g/mol. The van der Waals surface area contributed by atoms with Gasteiger partial charge in [-0.2, -0.15) is 0 Å². The average Bonchev–Trinajstić information content (AvgIpc) is 3.21. The Hall–Kier alpha value is -1.70. The third-order valence-electron chi connectivity index (χ3n) is 5.13. The lowest BCUT2D eigenvalue weighted by molar-refractivity contribution is 0.0291. The highest BCUT2D eigenvalue weighted by Crippen LogP contribution is 2.29. The normalized spacial score (nSPS) is 21.7. The van der Waals surface area contributed by atoms with Crippen LogP contribution in [0.25, 0.3) is 0 Å². The number of likely N-dealkylation sites (tertiary alicyclic amines) is 1. The van der Waals surface area contributed by atoms with E-state index in [0.29, 0.717) is 30.7 Å². The number of ether oxygens (including phenoxy) is 1. The van der Waals surface area contributed by atoms with E-state index in [1.807, 2.05) is 4.90 Å². The van der Waals surface area contributed by atoms with Crippen LogP contribution in [0.5, 0.6) is 0 Å². The summed E-state index contributed by atoms with van der Waals surface area (Å²) in [5.74, 6) is 0.410. The molecule has 2 fully saturated rings. The highest BCUT2D eigenvalue weighted by molar-refractivity contribution is 7.89. The maximum absolute atomic E-state index is 12.8. The van der Waals surface area contributed by atoms with Crippen LogP contribution in [-0.2, 0) is 14.8 Å². The number of piperidine rings is 1. The van der Waals surface area contributed by atoms with Crippen LogP contribution in [0.4, 0.5) is 0 Å². The van der Waals surface area contributed by atoms with Gasteiger partial charge in [0, 0.05) is 31.8 Å². The molecule has 0 saturated carbocycles. The van der Waals surface area contributed by atoms with Crippen molar-refractivity contribution >= 4 is 15.9 Å². The van der Waals surface area contributed by atoms with E-state index < -0.39 is 10.0 Å². The number of rotatable bonds is 6. The van der Waals surface area contributed by atoms with Crippen molar-refractivity contribution in [2.24, 2.45) is 5.92 Å². The molecule has 2 aliphatic heterocycles. The number of amides is 1. The maximum Gasteiger partial charge on any atom is 0.253 e. The number of benzene rings is 1. The molecule has 6 nitrogen and oxygen atoms in total. The van der Waals surface area contributed by atoms with Crippen molar-refractivity contribution in [2.75, 3.05) is 26.2 Å². The summed E-state index contributed by atoms with van der Waals surface area (Å²) in [6.07, 6.45) is 5.95. The van der Waals surface area contributed by atoms with E-state index >= 15 is 0 Å². The molecule has 0 spiro atoms. The molecule has 2 aliphatic rings. The minimum atomic E-state index is -3.64. The summed E-state index contributed by atoms with van der Waals surface area (Å²) in [5.41, 5.74) is 0.405. The molecule has 142 valence electrons. The molecule has 2 saturated heterocycles. The summed E-state index contributed by atoms with van der Waals surface area (Å²) in [7, 11) is -3.64. The van der Waals surface area contributed by atoms with Crippen LogP contribution < -0.4 is 4.72 Å². The molecule has 1 N–H and O–H groups in total. The van der Waals surface area contributed by atoms with Gasteiger partial charge in [-0.25, -0.2) is 13.1 Å². The van der Waals surface area contributed by atoms with Gasteiger partial charge in [0.2, 0.25) is 10.0 Å². The molecule has 1 aromatic rings. The number of carbonyl (C=O) groups is 1. The standard InChI is InChI=1S/C19H26N2O4S/c1-2-10-20-26(23,24)17-6-3-5-16(14-17)19(22)21-11-8-15(9-12-21)18-7-4-13-25-18/h2-3,5-6,14-15,18,20H,1,4,7-13H2/t18-/m0/s1. The van der Waals surface area contributed by atoms with Crippen molar-refractivity contribution in [3.63, 3.8) is 0 Å². The number of nitrogens with zero attached hydrogens (tertiary/aromatic N) is 1. The van der Waals surface area contributed by atoms with E-state index in [0.717, 1.165) is 32.3 Å². The van der Waals surface area contributed by atoms with Gasteiger partial charge in [0.1, 0.15) is 0 Å². The van der Waals surface area contributed by atoms with Gasteiger partial charge in [-0.1, -0.05) is 12.1 Å². The van der Waals surface area contributed by atoms with Crippen LogP contribution in [0.15, 0.2) is 41.8 Å².